The van der Waals surface area contributed by atoms with E-state index in [0.717, 1.165) is 5.56 Å². The molecule has 0 unspecified atom stereocenters. The molecule has 26 heavy (non-hydrogen) atoms. The van der Waals surface area contributed by atoms with E-state index in [2.05, 4.69) is 0 Å². The molecule has 138 valence electrons. The minimum absolute atomic E-state index is 0.0223. The van der Waals surface area contributed by atoms with Crippen molar-refractivity contribution in [3.63, 3.8) is 0 Å². The van der Waals surface area contributed by atoms with E-state index in [1.54, 1.807) is 48.3 Å². The van der Waals surface area contributed by atoms with Gasteiger partial charge < -0.3 is 14.7 Å². The number of ether oxygens (including phenoxy) is 1. The van der Waals surface area contributed by atoms with Crippen molar-refractivity contribution in [3.8, 4) is 5.75 Å². The number of halogens is 1. The number of aromatic carboxylic acids is 1. The summed E-state index contributed by atoms with van der Waals surface area (Å²) in [5.41, 5.74) is 1.16. The second-order valence-corrected chi connectivity index (χ2v) is 5.97. The fourth-order valence-corrected chi connectivity index (χ4v) is 2.40. The van der Waals surface area contributed by atoms with Gasteiger partial charge >= 0.3 is 5.97 Å². The van der Waals surface area contributed by atoms with Gasteiger partial charge in [0, 0.05) is 20.0 Å². The van der Waals surface area contributed by atoms with E-state index in [-0.39, 0.29) is 17.3 Å². The molecule has 0 saturated carbocycles. The van der Waals surface area contributed by atoms with Crippen molar-refractivity contribution in [2.24, 2.45) is 0 Å². The summed E-state index contributed by atoms with van der Waals surface area (Å²) in [6.45, 7) is 1.01. The van der Waals surface area contributed by atoms with Gasteiger partial charge in [0.05, 0.1) is 12.2 Å². The van der Waals surface area contributed by atoms with Gasteiger partial charge in [-0.25, -0.2) is 9.18 Å². The van der Waals surface area contributed by atoms with Crippen LogP contribution >= 0.6 is 0 Å². The summed E-state index contributed by atoms with van der Waals surface area (Å²) in [4.78, 5) is 24.6. The molecular formula is C20H22FNO4. The number of hydrogen-bond donors (Lipinski definition) is 1. The first-order valence-corrected chi connectivity index (χ1v) is 8.40. The van der Waals surface area contributed by atoms with Crippen molar-refractivity contribution in [1.82, 2.24) is 4.90 Å². The number of carboxylic acid groups (broad SMARTS) is 1. The lowest BCUT2D eigenvalue weighted by Gasteiger charge is -2.17. The Balaban J connectivity index is 1.66. The first-order valence-electron chi connectivity index (χ1n) is 8.40. The Hall–Kier alpha value is -2.89. The molecule has 0 aliphatic rings. The zero-order valence-corrected chi connectivity index (χ0v) is 14.7. The Morgan fingerprint density at radius 3 is 2.35 bits per heavy atom. The van der Waals surface area contributed by atoms with E-state index in [1.807, 2.05) is 0 Å². The summed E-state index contributed by atoms with van der Waals surface area (Å²) in [6, 6.07) is 12.4. The van der Waals surface area contributed by atoms with E-state index in [0.29, 0.717) is 38.2 Å². The Labute approximate surface area is 152 Å². The van der Waals surface area contributed by atoms with E-state index in [9.17, 15) is 14.0 Å². The van der Waals surface area contributed by atoms with Gasteiger partial charge in [-0.3, -0.25) is 4.79 Å². The van der Waals surface area contributed by atoms with Crippen LogP contribution in [0.2, 0.25) is 0 Å². The van der Waals surface area contributed by atoms with Gasteiger partial charge in [-0.1, -0.05) is 12.1 Å². The number of nitrogens with zero attached hydrogens (tertiary/aromatic N) is 1. The summed E-state index contributed by atoms with van der Waals surface area (Å²) >= 11 is 0. The number of benzene rings is 2. The van der Waals surface area contributed by atoms with Gasteiger partial charge in [-0.2, -0.15) is 0 Å². The summed E-state index contributed by atoms with van der Waals surface area (Å²) in [6.07, 6.45) is 1.60. The number of carboxylic acids is 1. The molecule has 0 saturated heterocycles. The predicted octanol–water partition coefficient (Wildman–Crippen LogP) is 3.38. The van der Waals surface area contributed by atoms with Crippen molar-refractivity contribution < 1.29 is 23.8 Å². The van der Waals surface area contributed by atoms with E-state index in [4.69, 9.17) is 9.84 Å². The average molecular weight is 359 g/mol. The average Bonchev–Trinajstić information content (AvgIpc) is 2.64. The monoisotopic (exact) mass is 359 g/mol. The zero-order valence-electron chi connectivity index (χ0n) is 14.7. The van der Waals surface area contributed by atoms with Crippen LogP contribution in [0.3, 0.4) is 0 Å². The lowest BCUT2D eigenvalue weighted by atomic mass is 10.1. The normalized spacial score (nSPS) is 10.4. The van der Waals surface area contributed by atoms with Gasteiger partial charge in [0.25, 0.3) is 0 Å². The highest BCUT2D eigenvalue weighted by atomic mass is 19.1. The van der Waals surface area contributed by atoms with Gasteiger partial charge in [0.1, 0.15) is 11.6 Å². The maximum atomic E-state index is 12.8. The van der Waals surface area contributed by atoms with E-state index < -0.39 is 5.97 Å². The summed E-state index contributed by atoms with van der Waals surface area (Å²) in [7, 11) is 1.74. The quantitative estimate of drug-likeness (QED) is 0.697. The number of carbonyl (C=O) groups is 2. The maximum absolute atomic E-state index is 12.8. The molecule has 0 aliphatic carbocycles. The minimum Gasteiger partial charge on any atom is -0.494 e. The van der Waals surface area contributed by atoms with E-state index in [1.165, 1.54) is 12.1 Å². The molecule has 0 aliphatic heterocycles. The molecule has 0 atom stereocenters. The van der Waals surface area contributed by atoms with E-state index >= 15 is 0 Å². The largest absolute Gasteiger partial charge is 0.494 e. The number of aryl methyl sites for hydroxylation is 1. The third-order valence-electron chi connectivity index (χ3n) is 3.97. The van der Waals surface area contributed by atoms with Crippen molar-refractivity contribution in [1.29, 1.82) is 0 Å². The lowest BCUT2D eigenvalue weighted by molar-refractivity contribution is -0.129. The Morgan fingerprint density at radius 1 is 1.08 bits per heavy atom. The molecule has 0 aromatic heterocycles. The van der Waals surface area contributed by atoms with Crippen molar-refractivity contribution in [3.05, 3.63) is 65.5 Å². The highest BCUT2D eigenvalue weighted by molar-refractivity contribution is 5.87. The van der Waals surface area contributed by atoms with Crippen LogP contribution in [0.15, 0.2) is 48.5 Å². The van der Waals surface area contributed by atoms with Crippen LogP contribution in [-0.2, 0) is 11.2 Å². The first kappa shape index (κ1) is 19.4. The third kappa shape index (κ3) is 6.20. The smallest absolute Gasteiger partial charge is 0.335 e. The van der Waals surface area contributed by atoms with Gasteiger partial charge in [0.2, 0.25) is 5.91 Å². The minimum atomic E-state index is -0.963. The Kier molecular flexibility index (Phi) is 7.14. The van der Waals surface area contributed by atoms with Crippen molar-refractivity contribution in [2.75, 3.05) is 20.2 Å². The molecule has 0 spiro atoms. The van der Waals surface area contributed by atoms with Crippen LogP contribution in [0.5, 0.6) is 5.75 Å². The molecule has 0 heterocycles. The molecule has 0 fully saturated rings. The second kappa shape index (κ2) is 9.56. The fraction of sp³-hybridized carbons (Fsp3) is 0.300. The summed E-state index contributed by atoms with van der Waals surface area (Å²) in [5, 5.41) is 8.87. The first-order chi connectivity index (χ1) is 12.5. The van der Waals surface area contributed by atoms with Crippen LogP contribution in [0, 0.1) is 5.82 Å². The molecule has 6 heteroatoms. The summed E-state index contributed by atoms with van der Waals surface area (Å²) < 4.78 is 18.3. The van der Waals surface area contributed by atoms with Crippen molar-refractivity contribution >= 4 is 11.9 Å². The zero-order chi connectivity index (χ0) is 18.9. The lowest BCUT2D eigenvalue weighted by Crippen LogP contribution is -2.28. The Bertz CT molecular complexity index is 728. The highest BCUT2D eigenvalue weighted by Crippen LogP contribution is 2.11. The van der Waals surface area contributed by atoms with Crippen LogP contribution in [0.1, 0.15) is 28.8 Å². The molecule has 2 aromatic carbocycles. The molecule has 2 aromatic rings. The topological polar surface area (TPSA) is 66.8 Å². The number of amides is 1. The van der Waals surface area contributed by atoms with Gasteiger partial charge in [-0.05, 0) is 54.8 Å². The standard InChI is InChI=1S/C20H22FNO4/c1-22(13-2-14-26-18-10-8-17(21)9-11-18)19(23)12-5-15-3-6-16(7-4-15)20(24)25/h3-4,6-11H,2,5,12-14H2,1H3,(H,24,25). The molecule has 2 rings (SSSR count). The highest BCUT2D eigenvalue weighted by Gasteiger charge is 2.09. The van der Waals surface area contributed by atoms with Gasteiger partial charge in [-0.15, -0.1) is 0 Å². The van der Waals surface area contributed by atoms with Gasteiger partial charge in [0.15, 0.2) is 0 Å². The fourth-order valence-electron chi connectivity index (χ4n) is 2.40. The number of carbonyl (C=O) groups excluding carboxylic acids is 1. The van der Waals surface area contributed by atoms with Crippen LogP contribution in [0.25, 0.3) is 0 Å². The Morgan fingerprint density at radius 2 is 1.73 bits per heavy atom. The summed E-state index contributed by atoms with van der Waals surface area (Å²) in [5.74, 6) is -0.644. The second-order valence-electron chi connectivity index (χ2n) is 5.97. The van der Waals surface area contributed by atoms with Crippen LogP contribution < -0.4 is 4.74 Å². The molecule has 0 bridgehead atoms. The maximum Gasteiger partial charge on any atom is 0.335 e. The van der Waals surface area contributed by atoms with Crippen molar-refractivity contribution in [2.45, 2.75) is 19.3 Å². The van der Waals surface area contributed by atoms with Crippen LogP contribution in [0.4, 0.5) is 4.39 Å². The molecule has 1 amide bonds. The third-order valence-corrected chi connectivity index (χ3v) is 3.97. The molecule has 0 radical (unpaired) electrons. The predicted molar refractivity (Wildman–Crippen MR) is 95.9 cm³/mol. The number of rotatable bonds is 9. The number of hydrogen-bond acceptors (Lipinski definition) is 3. The van der Waals surface area contributed by atoms with Crippen LogP contribution in [-0.4, -0.2) is 42.1 Å². The SMILES string of the molecule is CN(CCCOc1ccc(F)cc1)C(=O)CCc1ccc(C(=O)O)cc1. The molecular weight excluding hydrogens is 337 g/mol. The molecule has 5 nitrogen and oxygen atoms in total. The molecule has 1 N–H and O–H groups in total.